The Morgan fingerprint density at radius 2 is 2.30 bits per heavy atom. The maximum Gasteiger partial charge on any atom is 0.126 e. The van der Waals surface area contributed by atoms with Crippen LogP contribution in [0, 0.1) is 18.7 Å². The van der Waals surface area contributed by atoms with Crippen LogP contribution in [0.25, 0.3) is 0 Å². The van der Waals surface area contributed by atoms with Gasteiger partial charge in [0.2, 0.25) is 0 Å². The average Bonchev–Trinajstić information content (AvgIpc) is 2.87. The molecule has 1 aliphatic rings. The fourth-order valence-electron chi connectivity index (χ4n) is 2.86. The van der Waals surface area contributed by atoms with Gasteiger partial charge in [-0.2, -0.15) is 0 Å². The molecule has 1 aromatic carbocycles. The summed E-state index contributed by atoms with van der Waals surface area (Å²) in [6, 6.07) is 5.15. The molecule has 2 unspecified atom stereocenters. The fraction of sp³-hybridized carbons (Fsp3) is 0.625. The van der Waals surface area contributed by atoms with Crippen molar-refractivity contribution < 1.29 is 9.50 Å². The predicted octanol–water partition coefficient (Wildman–Crippen LogP) is 2.23. The van der Waals surface area contributed by atoms with E-state index in [0.29, 0.717) is 11.5 Å². The summed E-state index contributed by atoms with van der Waals surface area (Å²) in [5, 5.41) is 8.95. The minimum atomic E-state index is -0.179. The van der Waals surface area contributed by atoms with Gasteiger partial charge in [-0.3, -0.25) is 0 Å². The molecule has 1 fully saturated rings. The topological polar surface area (TPSA) is 49.5 Å². The highest BCUT2D eigenvalue weighted by Crippen LogP contribution is 2.22. The minimum Gasteiger partial charge on any atom is -0.396 e. The average molecular weight is 280 g/mol. The number of hydrogen-bond acceptors (Lipinski definition) is 3. The molecule has 0 bridgehead atoms. The van der Waals surface area contributed by atoms with E-state index in [0.717, 1.165) is 44.5 Å². The van der Waals surface area contributed by atoms with Gasteiger partial charge >= 0.3 is 0 Å². The van der Waals surface area contributed by atoms with E-state index in [-0.39, 0.29) is 18.5 Å². The van der Waals surface area contributed by atoms with Crippen molar-refractivity contribution in [2.24, 2.45) is 11.7 Å². The maximum atomic E-state index is 13.5. The first-order chi connectivity index (χ1) is 9.60. The van der Waals surface area contributed by atoms with Crippen molar-refractivity contribution in [2.75, 3.05) is 26.2 Å². The van der Waals surface area contributed by atoms with Crippen LogP contribution in [0.15, 0.2) is 18.2 Å². The first kappa shape index (κ1) is 15.4. The summed E-state index contributed by atoms with van der Waals surface area (Å²) in [7, 11) is 0. The molecule has 3 nitrogen and oxygen atoms in total. The SMILES string of the molecule is Cc1ccc(C(N)CCN2CCC(CCO)C2)cc1F. The van der Waals surface area contributed by atoms with Crippen molar-refractivity contribution in [3.8, 4) is 0 Å². The zero-order valence-corrected chi connectivity index (χ0v) is 12.2. The van der Waals surface area contributed by atoms with Crippen LogP contribution >= 0.6 is 0 Å². The van der Waals surface area contributed by atoms with Crippen LogP contribution in [0.3, 0.4) is 0 Å². The summed E-state index contributed by atoms with van der Waals surface area (Å²) in [4.78, 5) is 2.39. The molecule has 0 radical (unpaired) electrons. The van der Waals surface area contributed by atoms with Gasteiger partial charge in [-0.05, 0) is 62.4 Å². The van der Waals surface area contributed by atoms with Gasteiger partial charge in [0, 0.05) is 19.2 Å². The largest absolute Gasteiger partial charge is 0.396 e. The normalized spacial score (nSPS) is 21.3. The van der Waals surface area contributed by atoms with E-state index in [1.165, 1.54) is 0 Å². The molecule has 0 aromatic heterocycles. The molecule has 0 spiro atoms. The standard InChI is InChI=1S/C16H25FN2O/c1-12-2-3-14(10-15(12)17)16(18)5-8-19-7-4-13(11-19)6-9-20/h2-3,10,13,16,20H,4-9,11,18H2,1H3. The van der Waals surface area contributed by atoms with Crippen LogP contribution in [0.5, 0.6) is 0 Å². The van der Waals surface area contributed by atoms with E-state index >= 15 is 0 Å². The predicted molar refractivity (Wildman–Crippen MR) is 78.9 cm³/mol. The Balaban J connectivity index is 1.80. The van der Waals surface area contributed by atoms with Crippen LogP contribution in [-0.2, 0) is 0 Å². The van der Waals surface area contributed by atoms with Crippen LogP contribution in [0.4, 0.5) is 4.39 Å². The van der Waals surface area contributed by atoms with Crippen molar-refractivity contribution >= 4 is 0 Å². The Bertz CT molecular complexity index is 438. The van der Waals surface area contributed by atoms with Crippen LogP contribution in [0.2, 0.25) is 0 Å². The molecular formula is C16H25FN2O. The van der Waals surface area contributed by atoms with E-state index < -0.39 is 0 Å². The molecule has 1 aliphatic heterocycles. The summed E-state index contributed by atoms with van der Waals surface area (Å²) in [6.07, 6.45) is 2.90. The minimum absolute atomic E-state index is 0.109. The highest BCUT2D eigenvalue weighted by molar-refractivity contribution is 5.25. The zero-order chi connectivity index (χ0) is 14.5. The second-order valence-corrected chi connectivity index (χ2v) is 5.87. The molecule has 1 heterocycles. The number of nitrogens with two attached hydrogens (primary N) is 1. The lowest BCUT2D eigenvalue weighted by molar-refractivity contribution is 0.249. The molecular weight excluding hydrogens is 255 g/mol. The first-order valence-electron chi connectivity index (χ1n) is 7.45. The number of benzene rings is 1. The number of aryl methyl sites for hydroxylation is 1. The lowest BCUT2D eigenvalue weighted by atomic mass is 10.0. The maximum absolute atomic E-state index is 13.5. The molecule has 0 saturated carbocycles. The Hall–Kier alpha value is -0.970. The highest BCUT2D eigenvalue weighted by Gasteiger charge is 2.22. The molecule has 0 aliphatic carbocycles. The van der Waals surface area contributed by atoms with Gasteiger partial charge < -0.3 is 15.7 Å². The Kier molecular flexibility index (Phi) is 5.52. The lowest BCUT2D eigenvalue weighted by Gasteiger charge is -2.19. The van der Waals surface area contributed by atoms with E-state index in [1.807, 2.05) is 6.07 Å². The number of halogens is 1. The Morgan fingerprint density at radius 1 is 1.50 bits per heavy atom. The summed E-state index contributed by atoms with van der Waals surface area (Å²) in [5.41, 5.74) is 7.69. The summed E-state index contributed by atoms with van der Waals surface area (Å²) in [5.74, 6) is 0.440. The molecule has 20 heavy (non-hydrogen) atoms. The second-order valence-electron chi connectivity index (χ2n) is 5.87. The number of aliphatic hydroxyl groups excluding tert-OH is 1. The second kappa shape index (κ2) is 7.16. The van der Waals surface area contributed by atoms with Crippen LogP contribution < -0.4 is 5.73 Å². The molecule has 2 rings (SSSR count). The van der Waals surface area contributed by atoms with Crippen molar-refractivity contribution in [3.05, 3.63) is 35.1 Å². The van der Waals surface area contributed by atoms with Gasteiger partial charge in [0.05, 0.1) is 0 Å². The third-order valence-electron chi connectivity index (χ3n) is 4.29. The van der Waals surface area contributed by atoms with Gasteiger partial charge in [0.25, 0.3) is 0 Å². The molecule has 1 saturated heterocycles. The lowest BCUT2D eigenvalue weighted by Crippen LogP contribution is -2.25. The van der Waals surface area contributed by atoms with Gasteiger partial charge in [-0.15, -0.1) is 0 Å². The number of rotatable bonds is 6. The van der Waals surface area contributed by atoms with E-state index in [1.54, 1.807) is 19.1 Å². The van der Waals surface area contributed by atoms with E-state index in [4.69, 9.17) is 10.8 Å². The van der Waals surface area contributed by atoms with Crippen LogP contribution in [0.1, 0.15) is 36.4 Å². The molecule has 0 amide bonds. The summed E-state index contributed by atoms with van der Waals surface area (Å²) >= 11 is 0. The third kappa shape index (κ3) is 4.01. The van der Waals surface area contributed by atoms with Gasteiger partial charge in [-0.1, -0.05) is 12.1 Å². The van der Waals surface area contributed by atoms with Gasteiger partial charge in [0.15, 0.2) is 0 Å². The molecule has 2 atom stereocenters. The molecule has 1 aromatic rings. The Labute approximate surface area is 120 Å². The quantitative estimate of drug-likeness (QED) is 0.840. The summed E-state index contributed by atoms with van der Waals surface area (Å²) < 4.78 is 13.5. The smallest absolute Gasteiger partial charge is 0.126 e. The Morgan fingerprint density at radius 3 is 3.00 bits per heavy atom. The third-order valence-corrected chi connectivity index (χ3v) is 4.29. The van der Waals surface area contributed by atoms with E-state index in [9.17, 15) is 4.39 Å². The highest BCUT2D eigenvalue weighted by atomic mass is 19.1. The van der Waals surface area contributed by atoms with Crippen molar-refractivity contribution in [1.82, 2.24) is 4.90 Å². The number of likely N-dealkylation sites (tertiary alicyclic amines) is 1. The number of hydrogen-bond donors (Lipinski definition) is 2. The number of aliphatic hydroxyl groups is 1. The summed E-state index contributed by atoms with van der Waals surface area (Å²) in [6.45, 7) is 5.12. The van der Waals surface area contributed by atoms with Gasteiger partial charge in [0.1, 0.15) is 5.82 Å². The van der Waals surface area contributed by atoms with E-state index in [2.05, 4.69) is 4.90 Å². The number of nitrogens with zero attached hydrogens (tertiary/aromatic N) is 1. The monoisotopic (exact) mass is 280 g/mol. The molecule has 112 valence electrons. The van der Waals surface area contributed by atoms with Crippen molar-refractivity contribution in [2.45, 2.75) is 32.2 Å². The van der Waals surface area contributed by atoms with Crippen molar-refractivity contribution in [1.29, 1.82) is 0 Å². The zero-order valence-electron chi connectivity index (χ0n) is 12.2. The molecule has 3 N–H and O–H groups in total. The molecule has 4 heteroatoms. The van der Waals surface area contributed by atoms with Crippen LogP contribution in [-0.4, -0.2) is 36.2 Å². The van der Waals surface area contributed by atoms with Crippen molar-refractivity contribution in [3.63, 3.8) is 0 Å². The van der Waals surface area contributed by atoms with Gasteiger partial charge in [-0.25, -0.2) is 4.39 Å². The fourth-order valence-corrected chi connectivity index (χ4v) is 2.86. The first-order valence-corrected chi connectivity index (χ1v) is 7.45.